The van der Waals surface area contributed by atoms with E-state index < -0.39 is 34.1 Å². The number of rotatable bonds is 8. The fourth-order valence-corrected chi connectivity index (χ4v) is 6.83. The Morgan fingerprint density at radius 2 is 1.82 bits per heavy atom. The molecule has 0 radical (unpaired) electrons. The van der Waals surface area contributed by atoms with Gasteiger partial charge in [0.05, 0.1) is 35.3 Å². The van der Waals surface area contributed by atoms with Crippen molar-refractivity contribution >= 4 is 33.3 Å². The summed E-state index contributed by atoms with van der Waals surface area (Å²) >= 11 is 0. The van der Waals surface area contributed by atoms with Crippen LogP contribution in [-0.2, 0) is 14.8 Å². The zero-order valence-electron chi connectivity index (χ0n) is 29.4. The molecule has 268 valence electrons. The van der Waals surface area contributed by atoms with Crippen LogP contribution in [0.5, 0.6) is 5.75 Å². The molecule has 2 heterocycles. The molecule has 3 aromatic rings. The van der Waals surface area contributed by atoms with Crippen molar-refractivity contribution in [3.05, 3.63) is 65.0 Å². The number of aryl methyl sites for hydroxylation is 3. The number of hydrogen-bond acceptors (Lipinski definition) is 9. The molecule has 4 rings (SSSR count). The van der Waals surface area contributed by atoms with E-state index in [-0.39, 0.29) is 42.2 Å². The monoisotopic (exact) mass is 699 g/mol. The van der Waals surface area contributed by atoms with Gasteiger partial charge < -0.3 is 34.6 Å². The minimum Gasteiger partial charge on any atom is -0.490 e. The Labute approximate surface area is 289 Å². The molecular formula is C35H49N5O8S. The van der Waals surface area contributed by atoms with E-state index in [0.717, 1.165) is 18.4 Å². The summed E-state index contributed by atoms with van der Waals surface area (Å²) in [5, 5.41) is 19.6. The van der Waals surface area contributed by atoms with Gasteiger partial charge in [-0.3, -0.25) is 4.79 Å². The number of urea groups is 1. The first-order valence-corrected chi connectivity index (χ1v) is 18.0. The lowest BCUT2D eigenvalue weighted by Crippen LogP contribution is -2.48. The molecule has 0 fully saturated rings. The smallest absolute Gasteiger partial charge is 0.323 e. The normalized spacial score (nSPS) is 20.2. The highest BCUT2D eigenvalue weighted by Gasteiger charge is 2.32. The van der Waals surface area contributed by atoms with Crippen molar-refractivity contribution in [3.63, 3.8) is 0 Å². The predicted molar refractivity (Wildman–Crippen MR) is 186 cm³/mol. The van der Waals surface area contributed by atoms with E-state index in [4.69, 9.17) is 14.0 Å². The fourth-order valence-electron chi connectivity index (χ4n) is 5.64. The van der Waals surface area contributed by atoms with E-state index in [1.165, 1.54) is 11.4 Å². The highest BCUT2D eigenvalue weighted by atomic mass is 32.2. The SMILES string of the molecule is Cc1ccc(S(=O)(=O)N(C)C[C@H]2OCCCC[C@@H](C)Oc3ccc(NC(=O)Nc4c(C)noc4C)cc3C(=O)N([C@H](C)CO)C[C@@H]2C)cc1. The van der Waals surface area contributed by atoms with E-state index in [9.17, 15) is 23.1 Å². The van der Waals surface area contributed by atoms with Gasteiger partial charge in [0.15, 0.2) is 5.76 Å². The van der Waals surface area contributed by atoms with E-state index >= 15 is 0 Å². The van der Waals surface area contributed by atoms with Crippen LogP contribution >= 0.6 is 0 Å². The van der Waals surface area contributed by atoms with Crippen molar-refractivity contribution in [2.45, 2.75) is 84.0 Å². The van der Waals surface area contributed by atoms with Crippen LogP contribution in [0.1, 0.15) is 67.4 Å². The molecule has 49 heavy (non-hydrogen) atoms. The number of nitrogens with one attached hydrogen (secondary N) is 2. The lowest BCUT2D eigenvalue weighted by molar-refractivity contribution is -0.00833. The molecule has 0 bridgehead atoms. The van der Waals surface area contributed by atoms with Crippen molar-refractivity contribution in [2.75, 3.05) is 44.0 Å². The van der Waals surface area contributed by atoms with Crippen molar-refractivity contribution in [1.82, 2.24) is 14.4 Å². The largest absolute Gasteiger partial charge is 0.490 e. The number of carbonyl (C=O) groups is 2. The van der Waals surface area contributed by atoms with Crippen LogP contribution in [0, 0.1) is 26.7 Å². The molecule has 4 atom stereocenters. The van der Waals surface area contributed by atoms with Gasteiger partial charge in [0.2, 0.25) is 10.0 Å². The molecule has 0 saturated carbocycles. The summed E-state index contributed by atoms with van der Waals surface area (Å²) < 4.78 is 46.0. The third-order valence-electron chi connectivity index (χ3n) is 8.75. The van der Waals surface area contributed by atoms with Crippen LogP contribution in [0.25, 0.3) is 0 Å². The Hall–Kier alpha value is -3.98. The summed E-state index contributed by atoms with van der Waals surface area (Å²) in [7, 11) is -2.27. The number of fused-ring (bicyclic) bond motifs is 1. The number of amides is 3. The second-order valence-corrected chi connectivity index (χ2v) is 14.9. The molecular weight excluding hydrogens is 650 g/mol. The first-order chi connectivity index (χ1) is 23.2. The second-order valence-electron chi connectivity index (χ2n) is 12.9. The van der Waals surface area contributed by atoms with E-state index in [2.05, 4.69) is 15.8 Å². The average Bonchev–Trinajstić information content (AvgIpc) is 3.38. The van der Waals surface area contributed by atoms with Gasteiger partial charge in [-0.05, 0) is 84.2 Å². The van der Waals surface area contributed by atoms with Crippen LogP contribution in [0.2, 0.25) is 0 Å². The molecule has 13 nitrogen and oxygen atoms in total. The number of benzene rings is 2. The minimum absolute atomic E-state index is 0.0668. The quantitative estimate of drug-likeness (QED) is 0.281. The number of ether oxygens (including phenoxy) is 2. The number of aromatic nitrogens is 1. The maximum absolute atomic E-state index is 14.4. The van der Waals surface area contributed by atoms with Crippen LogP contribution < -0.4 is 15.4 Å². The number of anilines is 2. The highest BCUT2D eigenvalue weighted by Crippen LogP contribution is 2.29. The summed E-state index contributed by atoms with van der Waals surface area (Å²) in [4.78, 5) is 29.0. The molecule has 14 heteroatoms. The second kappa shape index (κ2) is 16.6. The molecule has 1 aliphatic rings. The first kappa shape index (κ1) is 37.8. The molecule has 3 amide bonds. The van der Waals surface area contributed by atoms with Crippen LogP contribution in [-0.4, -0.2) is 91.4 Å². The standard InChI is InChI=1S/C35H49N5O8S/c1-22-11-14-29(15-12-22)49(44,45)39(7)20-32-23(2)19-40(24(3)21-41)34(42)30-18-28(36-35(43)37-33-26(5)38-48-27(33)6)13-16-31(30)47-25(4)10-8-9-17-46-32/h11-16,18,23-25,32,41H,8-10,17,19-21H2,1-7H3,(H2,36,37,43)/t23-,24+,25+,32+/m0/s1. The third-order valence-corrected chi connectivity index (χ3v) is 10.6. The topological polar surface area (TPSA) is 164 Å². The zero-order chi connectivity index (χ0) is 35.9. The maximum atomic E-state index is 14.4. The van der Waals surface area contributed by atoms with Gasteiger partial charge in [-0.1, -0.05) is 29.8 Å². The van der Waals surface area contributed by atoms with E-state index in [1.54, 1.807) is 68.1 Å². The Kier molecular flexibility index (Phi) is 12.8. The minimum atomic E-state index is -3.80. The number of sulfonamides is 1. The van der Waals surface area contributed by atoms with E-state index in [0.29, 0.717) is 41.6 Å². The van der Waals surface area contributed by atoms with Gasteiger partial charge in [0.25, 0.3) is 5.91 Å². The van der Waals surface area contributed by atoms with Gasteiger partial charge >= 0.3 is 6.03 Å². The Morgan fingerprint density at radius 3 is 2.47 bits per heavy atom. The van der Waals surface area contributed by atoms with Gasteiger partial charge in [0.1, 0.15) is 17.1 Å². The molecule has 1 aromatic heterocycles. The Morgan fingerprint density at radius 1 is 1.10 bits per heavy atom. The number of aliphatic hydroxyl groups excluding tert-OH is 1. The molecule has 1 aliphatic heterocycles. The average molecular weight is 700 g/mol. The Bertz CT molecular complexity index is 1670. The van der Waals surface area contributed by atoms with Crippen LogP contribution in [0.3, 0.4) is 0 Å². The molecule has 0 aliphatic carbocycles. The van der Waals surface area contributed by atoms with Crippen molar-refractivity contribution < 1.29 is 37.1 Å². The van der Waals surface area contributed by atoms with Gasteiger partial charge in [-0.15, -0.1) is 0 Å². The van der Waals surface area contributed by atoms with Crippen LogP contribution in [0.4, 0.5) is 16.2 Å². The number of likely N-dealkylation sites (N-methyl/N-ethyl adjacent to an activating group) is 1. The Balaban J connectivity index is 1.63. The number of aliphatic hydroxyl groups is 1. The summed E-state index contributed by atoms with van der Waals surface area (Å²) in [6.45, 7) is 11.2. The van der Waals surface area contributed by atoms with Crippen molar-refractivity contribution in [3.8, 4) is 5.75 Å². The summed E-state index contributed by atoms with van der Waals surface area (Å²) in [6, 6.07) is 10.4. The molecule has 2 aromatic carbocycles. The predicted octanol–water partition coefficient (Wildman–Crippen LogP) is 5.36. The van der Waals surface area contributed by atoms with Crippen molar-refractivity contribution in [2.24, 2.45) is 5.92 Å². The van der Waals surface area contributed by atoms with Gasteiger partial charge in [-0.25, -0.2) is 13.2 Å². The zero-order valence-corrected chi connectivity index (χ0v) is 30.2. The fraction of sp³-hybridized carbons (Fsp3) is 0.514. The first-order valence-electron chi connectivity index (χ1n) is 16.6. The molecule has 3 N–H and O–H groups in total. The number of nitrogens with zero attached hydrogens (tertiary/aromatic N) is 3. The summed E-state index contributed by atoms with van der Waals surface area (Å²) in [5.41, 5.74) is 2.50. The molecule has 0 unspecified atom stereocenters. The number of carbonyl (C=O) groups excluding carboxylic acids is 2. The maximum Gasteiger partial charge on any atom is 0.323 e. The summed E-state index contributed by atoms with van der Waals surface area (Å²) in [6.07, 6.45) is 1.42. The van der Waals surface area contributed by atoms with Gasteiger partial charge in [0, 0.05) is 38.3 Å². The highest BCUT2D eigenvalue weighted by molar-refractivity contribution is 7.89. The van der Waals surface area contributed by atoms with Crippen molar-refractivity contribution in [1.29, 1.82) is 0 Å². The third kappa shape index (κ3) is 9.59. The lowest BCUT2D eigenvalue weighted by atomic mass is 10.0. The lowest BCUT2D eigenvalue weighted by Gasteiger charge is -2.35. The van der Waals surface area contributed by atoms with Crippen LogP contribution in [0.15, 0.2) is 51.9 Å². The molecule has 0 saturated heterocycles. The summed E-state index contributed by atoms with van der Waals surface area (Å²) in [5.74, 6) is 0.0629. The number of hydrogen-bond donors (Lipinski definition) is 3. The van der Waals surface area contributed by atoms with E-state index in [1.807, 2.05) is 20.8 Å². The van der Waals surface area contributed by atoms with Gasteiger partial charge in [-0.2, -0.15) is 4.31 Å². The molecule has 0 spiro atoms.